The van der Waals surface area contributed by atoms with Gasteiger partial charge in [-0.2, -0.15) is 0 Å². The molecular weight excluding hydrogens is 356 g/mol. The van der Waals surface area contributed by atoms with Crippen LogP contribution in [-0.2, 0) is 5.75 Å². The number of fused-ring (bicyclic) bond motifs is 1. The Hall–Kier alpha value is -3.12. The van der Waals surface area contributed by atoms with Crippen molar-refractivity contribution in [1.29, 1.82) is 0 Å². The van der Waals surface area contributed by atoms with Crippen molar-refractivity contribution < 1.29 is 4.79 Å². The molecule has 0 saturated carbocycles. The molecule has 0 aliphatic rings. The number of hydrogen-bond donors (Lipinski definition) is 2. The van der Waals surface area contributed by atoms with Gasteiger partial charge in [-0.15, -0.1) is 0 Å². The first-order valence-electron chi connectivity index (χ1n) is 8.58. The minimum atomic E-state index is -0.160. The predicted octanol–water partition coefficient (Wildman–Crippen LogP) is 4.81. The van der Waals surface area contributed by atoms with E-state index in [2.05, 4.69) is 20.3 Å². The number of carbonyl (C=O) groups is 1. The van der Waals surface area contributed by atoms with Gasteiger partial charge in [-0.1, -0.05) is 48.2 Å². The molecule has 0 bridgehead atoms. The first kappa shape index (κ1) is 17.3. The van der Waals surface area contributed by atoms with Gasteiger partial charge in [0.25, 0.3) is 5.91 Å². The Kier molecular flexibility index (Phi) is 4.89. The lowest BCUT2D eigenvalue weighted by Gasteiger charge is -2.09. The van der Waals surface area contributed by atoms with Crippen molar-refractivity contribution in [2.45, 2.75) is 17.8 Å². The van der Waals surface area contributed by atoms with Gasteiger partial charge < -0.3 is 10.3 Å². The standard InChI is InChI=1S/C21H18N4OS/c1-14-10-11-19(22-12-14)25-20(26)16-7-3-2-6-15(16)13-27-21-23-17-8-4-5-9-18(17)24-21/h2-12H,13H2,1H3,(H,23,24)(H,22,25,26). The third-order valence-electron chi connectivity index (χ3n) is 4.15. The highest BCUT2D eigenvalue weighted by atomic mass is 32.2. The topological polar surface area (TPSA) is 70.7 Å². The summed E-state index contributed by atoms with van der Waals surface area (Å²) in [4.78, 5) is 24.8. The Balaban J connectivity index is 1.50. The summed E-state index contributed by atoms with van der Waals surface area (Å²) < 4.78 is 0. The van der Waals surface area contributed by atoms with Crippen LogP contribution in [0.25, 0.3) is 11.0 Å². The predicted molar refractivity (Wildman–Crippen MR) is 109 cm³/mol. The molecule has 0 spiro atoms. The highest BCUT2D eigenvalue weighted by Gasteiger charge is 2.13. The Bertz CT molecular complexity index is 1060. The summed E-state index contributed by atoms with van der Waals surface area (Å²) in [5.74, 6) is 1.03. The number of rotatable bonds is 5. The molecule has 134 valence electrons. The van der Waals surface area contributed by atoms with E-state index in [1.165, 1.54) is 0 Å². The first-order valence-corrected chi connectivity index (χ1v) is 9.57. The number of hydrogen-bond acceptors (Lipinski definition) is 4. The van der Waals surface area contributed by atoms with Gasteiger partial charge in [0.2, 0.25) is 0 Å². The van der Waals surface area contributed by atoms with E-state index in [0.717, 1.165) is 27.3 Å². The molecule has 0 saturated heterocycles. The second kappa shape index (κ2) is 7.63. The average Bonchev–Trinajstić information content (AvgIpc) is 3.11. The summed E-state index contributed by atoms with van der Waals surface area (Å²) in [5, 5.41) is 3.70. The molecule has 4 rings (SSSR count). The van der Waals surface area contributed by atoms with Crippen LogP contribution in [0.4, 0.5) is 5.82 Å². The fourth-order valence-corrected chi connectivity index (χ4v) is 3.63. The molecule has 4 aromatic rings. The Labute approximate surface area is 161 Å². The van der Waals surface area contributed by atoms with E-state index in [4.69, 9.17) is 0 Å². The zero-order valence-corrected chi connectivity index (χ0v) is 15.6. The van der Waals surface area contributed by atoms with Crippen LogP contribution in [0.3, 0.4) is 0 Å². The van der Waals surface area contributed by atoms with Gasteiger partial charge in [0.05, 0.1) is 11.0 Å². The summed E-state index contributed by atoms with van der Waals surface area (Å²) in [6.07, 6.45) is 1.74. The van der Waals surface area contributed by atoms with E-state index >= 15 is 0 Å². The lowest BCUT2D eigenvalue weighted by molar-refractivity contribution is 0.102. The summed E-state index contributed by atoms with van der Waals surface area (Å²) in [5.41, 5.74) is 4.60. The van der Waals surface area contributed by atoms with E-state index < -0.39 is 0 Å². The monoisotopic (exact) mass is 374 g/mol. The fourth-order valence-electron chi connectivity index (χ4n) is 2.74. The summed E-state index contributed by atoms with van der Waals surface area (Å²) >= 11 is 1.58. The smallest absolute Gasteiger partial charge is 0.257 e. The molecule has 27 heavy (non-hydrogen) atoms. The molecule has 0 radical (unpaired) electrons. The number of nitrogens with one attached hydrogen (secondary N) is 2. The number of aromatic amines is 1. The number of anilines is 1. The van der Waals surface area contributed by atoms with Crippen molar-refractivity contribution in [2.75, 3.05) is 5.32 Å². The quantitative estimate of drug-likeness (QED) is 0.492. The fraction of sp³-hybridized carbons (Fsp3) is 0.0952. The van der Waals surface area contributed by atoms with Gasteiger partial charge >= 0.3 is 0 Å². The number of aryl methyl sites for hydroxylation is 1. The zero-order chi connectivity index (χ0) is 18.6. The molecule has 0 aliphatic carbocycles. The third-order valence-corrected chi connectivity index (χ3v) is 5.07. The van der Waals surface area contributed by atoms with Crippen LogP contribution < -0.4 is 5.32 Å². The van der Waals surface area contributed by atoms with Gasteiger partial charge in [0, 0.05) is 17.5 Å². The molecule has 2 aromatic heterocycles. The molecule has 5 nitrogen and oxygen atoms in total. The number of nitrogens with zero attached hydrogens (tertiary/aromatic N) is 2. The molecule has 0 fully saturated rings. The van der Waals surface area contributed by atoms with Gasteiger partial charge in [0.1, 0.15) is 5.82 Å². The third kappa shape index (κ3) is 4.01. The molecule has 2 aromatic carbocycles. The first-order chi connectivity index (χ1) is 13.2. The molecular formula is C21H18N4OS. The summed E-state index contributed by atoms with van der Waals surface area (Å²) in [6, 6.07) is 19.3. The van der Waals surface area contributed by atoms with Crippen molar-refractivity contribution in [1.82, 2.24) is 15.0 Å². The molecule has 0 aliphatic heterocycles. The minimum Gasteiger partial charge on any atom is -0.333 e. The van der Waals surface area contributed by atoms with Crippen LogP contribution in [0.2, 0.25) is 0 Å². The molecule has 2 heterocycles. The Morgan fingerprint density at radius 2 is 1.89 bits per heavy atom. The Morgan fingerprint density at radius 1 is 1.07 bits per heavy atom. The molecule has 0 atom stereocenters. The second-order valence-electron chi connectivity index (χ2n) is 6.18. The number of benzene rings is 2. The van der Waals surface area contributed by atoms with E-state index in [-0.39, 0.29) is 5.91 Å². The average molecular weight is 374 g/mol. The summed E-state index contributed by atoms with van der Waals surface area (Å²) in [7, 11) is 0. The van der Waals surface area contributed by atoms with Crippen molar-refractivity contribution in [3.63, 3.8) is 0 Å². The second-order valence-corrected chi connectivity index (χ2v) is 7.14. The minimum absolute atomic E-state index is 0.160. The highest BCUT2D eigenvalue weighted by Crippen LogP contribution is 2.25. The Morgan fingerprint density at radius 3 is 2.70 bits per heavy atom. The molecule has 6 heteroatoms. The van der Waals surface area contributed by atoms with Crippen LogP contribution >= 0.6 is 11.8 Å². The van der Waals surface area contributed by atoms with Gasteiger partial charge in [-0.25, -0.2) is 9.97 Å². The normalized spacial score (nSPS) is 10.9. The van der Waals surface area contributed by atoms with Crippen molar-refractivity contribution in [3.8, 4) is 0 Å². The van der Waals surface area contributed by atoms with E-state index in [1.807, 2.05) is 61.5 Å². The van der Waals surface area contributed by atoms with Crippen molar-refractivity contribution in [3.05, 3.63) is 83.6 Å². The van der Waals surface area contributed by atoms with Crippen LogP contribution in [0.15, 0.2) is 72.0 Å². The van der Waals surface area contributed by atoms with Crippen LogP contribution in [0, 0.1) is 6.92 Å². The number of pyridine rings is 1. The number of aromatic nitrogens is 3. The summed E-state index contributed by atoms with van der Waals surface area (Å²) in [6.45, 7) is 1.96. The van der Waals surface area contributed by atoms with E-state index in [9.17, 15) is 4.79 Å². The largest absolute Gasteiger partial charge is 0.333 e. The molecule has 0 unspecified atom stereocenters. The number of H-pyrrole nitrogens is 1. The zero-order valence-electron chi connectivity index (χ0n) is 14.8. The van der Waals surface area contributed by atoms with Crippen LogP contribution in [0.5, 0.6) is 0 Å². The number of carbonyl (C=O) groups excluding carboxylic acids is 1. The van der Waals surface area contributed by atoms with E-state index in [0.29, 0.717) is 17.1 Å². The van der Waals surface area contributed by atoms with Gasteiger partial charge in [0.15, 0.2) is 5.16 Å². The lowest BCUT2D eigenvalue weighted by Crippen LogP contribution is -2.14. The number of imidazole rings is 1. The maximum atomic E-state index is 12.7. The van der Waals surface area contributed by atoms with Crippen LogP contribution in [-0.4, -0.2) is 20.9 Å². The SMILES string of the molecule is Cc1ccc(NC(=O)c2ccccc2CSc2nc3ccccc3[nH]2)nc1. The lowest BCUT2D eigenvalue weighted by atomic mass is 10.1. The van der Waals surface area contributed by atoms with Crippen molar-refractivity contribution in [2.24, 2.45) is 0 Å². The maximum Gasteiger partial charge on any atom is 0.257 e. The van der Waals surface area contributed by atoms with Crippen LogP contribution in [0.1, 0.15) is 21.5 Å². The molecule has 2 N–H and O–H groups in total. The molecule has 1 amide bonds. The number of amides is 1. The van der Waals surface area contributed by atoms with Gasteiger partial charge in [-0.3, -0.25) is 4.79 Å². The number of para-hydroxylation sites is 2. The number of thioether (sulfide) groups is 1. The van der Waals surface area contributed by atoms with E-state index in [1.54, 1.807) is 24.0 Å². The highest BCUT2D eigenvalue weighted by molar-refractivity contribution is 7.98. The van der Waals surface area contributed by atoms with Gasteiger partial charge in [-0.05, 0) is 42.3 Å². The van der Waals surface area contributed by atoms with Crippen molar-refractivity contribution >= 4 is 34.5 Å². The maximum absolute atomic E-state index is 12.7.